The number of ether oxygens (including phenoxy) is 1. The Labute approximate surface area is 214 Å². The van der Waals surface area contributed by atoms with Crippen molar-refractivity contribution in [3.05, 3.63) is 60.6 Å². The van der Waals surface area contributed by atoms with Gasteiger partial charge in [-0.2, -0.15) is 10.2 Å². The van der Waals surface area contributed by atoms with Crippen molar-refractivity contribution in [2.75, 3.05) is 32.1 Å². The molecule has 1 aliphatic heterocycles. The van der Waals surface area contributed by atoms with E-state index in [1.165, 1.54) is 0 Å². The Hall–Kier alpha value is -4.91. The van der Waals surface area contributed by atoms with E-state index in [0.29, 0.717) is 31.4 Å². The first kappa shape index (κ1) is 23.8. The van der Waals surface area contributed by atoms with Crippen molar-refractivity contribution in [3.63, 3.8) is 0 Å². The smallest absolute Gasteiger partial charge is 0.230 e. The van der Waals surface area contributed by atoms with Gasteiger partial charge in [0.05, 0.1) is 30.7 Å². The van der Waals surface area contributed by atoms with Crippen molar-refractivity contribution in [1.82, 2.24) is 30.1 Å². The lowest BCUT2D eigenvalue weighted by Gasteiger charge is -2.13. The van der Waals surface area contributed by atoms with Gasteiger partial charge in [0, 0.05) is 61.0 Å². The average molecular weight is 495 g/mol. The third-order valence-electron chi connectivity index (χ3n) is 5.86. The van der Waals surface area contributed by atoms with Gasteiger partial charge in [-0.3, -0.25) is 14.5 Å². The van der Waals surface area contributed by atoms with Crippen LogP contribution in [0.3, 0.4) is 0 Å². The first-order valence-electron chi connectivity index (χ1n) is 11.8. The van der Waals surface area contributed by atoms with Gasteiger partial charge in [0.2, 0.25) is 11.9 Å². The van der Waals surface area contributed by atoms with Gasteiger partial charge in [0.25, 0.3) is 0 Å². The van der Waals surface area contributed by atoms with Crippen LogP contribution in [-0.4, -0.2) is 63.6 Å². The van der Waals surface area contributed by atoms with Crippen LogP contribution in [0, 0.1) is 18.3 Å². The highest BCUT2D eigenvalue weighted by Crippen LogP contribution is 2.30. The normalized spacial score (nSPS) is 14.5. The number of nitrogens with zero attached hydrogens (tertiary/aromatic N) is 6. The molecule has 1 atom stereocenters. The summed E-state index contributed by atoms with van der Waals surface area (Å²) in [4.78, 5) is 21.4. The molecule has 0 saturated carbocycles. The van der Waals surface area contributed by atoms with E-state index in [4.69, 9.17) is 11.2 Å². The highest BCUT2D eigenvalue weighted by atomic mass is 16.5. The second-order valence-corrected chi connectivity index (χ2v) is 8.74. The summed E-state index contributed by atoms with van der Waals surface area (Å²) in [5, 5.41) is 17.2. The number of nitrogens with one attached hydrogen (secondary N) is 2. The zero-order valence-electron chi connectivity index (χ0n) is 20.5. The number of benzene rings is 2. The van der Waals surface area contributed by atoms with Gasteiger partial charge in [0.15, 0.2) is 0 Å². The van der Waals surface area contributed by atoms with E-state index in [1.54, 1.807) is 28.3 Å². The second kappa shape index (κ2) is 10.4. The van der Waals surface area contributed by atoms with Crippen molar-refractivity contribution in [2.45, 2.75) is 0 Å². The minimum absolute atomic E-state index is 0.0639. The predicted octanol–water partition coefficient (Wildman–Crippen LogP) is 2.80. The molecule has 2 N–H and O–H groups in total. The van der Waals surface area contributed by atoms with Crippen LogP contribution < -0.4 is 15.4 Å². The number of aromatic nitrogens is 4. The number of rotatable bonds is 8. The molecular formula is C27H26N8O2. The van der Waals surface area contributed by atoms with Gasteiger partial charge in [-0.15, -0.1) is 6.42 Å². The molecule has 186 valence electrons. The van der Waals surface area contributed by atoms with Gasteiger partial charge in [-0.05, 0) is 35.9 Å². The maximum Gasteiger partial charge on any atom is 0.230 e. The summed E-state index contributed by atoms with van der Waals surface area (Å²) in [6.45, 7) is 1.27. The number of aryl methyl sites for hydroxylation is 1. The Kier molecular flexibility index (Phi) is 6.68. The molecule has 0 radical (unpaired) electrons. The number of amides is 1. The Bertz CT molecular complexity index is 1520. The predicted molar refractivity (Wildman–Crippen MR) is 143 cm³/mol. The minimum Gasteiger partial charge on any atom is -0.492 e. The standard InChI is InChI=1S/C27H26N8O2/c1-4-18-5-6-25-20(9-18)13-29-27(33-25)32-23-10-19(21-14-30-34(2)16-21)11-24(12-23)37-8-7-28-26(36)22-15-31-35(3)17-22/h1,5-6,9-16,22H,7-8,17H2,2-3H3,(H,28,36)(H,29,32,33). The topological polar surface area (TPSA) is 110 Å². The number of terminal acetylenes is 1. The lowest BCUT2D eigenvalue weighted by atomic mass is 10.1. The van der Waals surface area contributed by atoms with E-state index in [0.717, 1.165) is 33.3 Å². The zero-order chi connectivity index (χ0) is 25.8. The molecular weight excluding hydrogens is 468 g/mol. The molecule has 3 heterocycles. The van der Waals surface area contributed by atoms with E-state index < -0.39 is 0 Å². The molecule has 37 heavy (non-hydrogen) atoms. The third-order valence-corrected chi connectivity index (χ3v) is 5.86. The fourth-order valence-electron chi connectivity index (χ4n) is 4.00. The second-order valence-electron chi connectivity index (χ2n) is 8.74. The summed E-state index contributed by atoms with van der Waals surface area (Å²) in [5.74, 6) is 3.41. The molecule has 1 amide bonds. The first-order valence-corrected chi connectivity index (χ1v) is 11.8. The summed E-state index contributed by atoms with van der Waals surface area (Å²) in [7, 11) is 3.71. The van der Waals surface area contributed by atoms with E-state index in [2.05, 4.69) is 36.7 Å². The molecule has 2 aromatic heterocycles. The van der Waals surface area contributed by atoms with E-state index in [1.807, 2.05) is 56.7 Å². The number of fused-ring (bicyclic) bond motifs is 1. The Morgan fingerprint density at radius 1 is 1.19 bits per heavy atom. The number of carbonyl (C=O) groups excluding carboxylic acids is 1. The number of hydrazone groups is 1. The molecule has 2 aromatic carbocycles. The molecule has 1 aliphatic rings. The summed E-state index contributed by atoms with van der Waals surface area (Å²) in [5.41, 5.74) is 4.18. The number of anilines is 2. The van der Waals surface area contributed by atoms with Crippen molar-refractivity contribution >= 4 is 34.7 Å². The molecule has 0 saturated heterocycles. The zero-order valence-corrected chi connectivity index (χ0v) is 20.5. The highest BCUT2D eigenvalue weighted by molar-refractivity contribution is 5.94. The van der Waals surface area contributed by atoms with Crippen LogP contribution in [0.5, 0.6) is 5.75 Å². The van der Waals surface area contributed by atoms with Crippen LogP contribution in [0.15, 0.2) is 60.1 Å². The monoisotopic (exact) mass is 494 g/mol. The summed E-state index contributed by atoms with van der Waals surface area (Å²) < 4.78 is 7.74. The molecule has 10 heteroatoms. The van der Waals surface area contributed by atoms with Crippen LogP contribution in [-0.2, 0) is 11.8 Å². The molecule has 0 aliphatic carbocycles. The molecule has 0 spiro atoms. The molecule has 0 fully saturated rings. The maximum atomic E-state index is 12.3. The molecule has 4 aromatic rings. The van der Waals surface area contributed by atoms with Gasteiger partial charge in [0.1, 0.15) is 12.4 Å². The molecule has 1 unspecified atom stereocenters. The fraction of sp³-hybridized carbons (Fsp3) is 0.222. The lowest BCUT2D eigenvalue weighted by Crippen LogP contribution is -2.36. The third kappa shape index (κ3) is 5.67. The van der Waals surface area contributed by atoms with E-state index in [9.17, 15) is 4.79 Å². The SMILES string of the molecule is C#Cc1ccc2nc(Nc3cc(OCCNC(=O)C4C=NN(C)C4)cc(-c4cnn(C)c4)c3)ncc2c1. The Balaban J connectivity index is 1.31. The number of hydrogen-bond acceptors (Lipinski definition) is 8. The van der Waals surface area contributed by atoms with Gasteiger partial charge in [-0.25, -0.2) is 9.97 Å². The minimum atomic E-state index is -0.241. The van der Waals surface area contributed by atoms with E-state index in [-0.39, 0.29) is 11.8 Å². The lowest BCUT2D eigenvalue weighted by molar-refractivity contribution is -0.123. The van der Waals surface area contributed by atoms with Crippen LogP contribution in [0.2, 0.25) is 0 Å². The maximum absolute atomic E-state index is 12.3. The van der Waals surface area contributed by atoms with Gasteiger partial charge >= 0.3 is 0 Å². The Morgan fingerprint density at radius 2 is 2.08 bits per heavy atom. The van der Waals surface area contributed by atoms with Crippen LogP contribution >= 0.6 is 0 Å². The van der Waals surface area contributed by atoms with Crippen LogP contribution in [0.25, 0.3) is 22.0 Å². The number of hydrogen-bond donors (Lipinski definition) is 2. The van der Waals surface area contributed by atoms with Crippen molar-refractivity contribution < 1.29 is 9.53 Å². The highest BCUT2D eigenvalue weighted by Gasteiger charge is 2.22. The summed E-state index contributed by atoms with van der Waals surface area (Å²) >= 11 is 0. The van der Waals surface area contributed by atoms with Gasteiger partial charge in [-0.1, -0.05) is 5.92 Å². The van der Waals surface area contributed by atoms with Crippen LogP contribution in [0.1, 0.15) is 5.56 Å². The molecule has 5 rings (SSSR count). The summed E-state index contributed by atoms with van der Waals surface area (Å²) in [6.07, 6.45) is 12.6. The van der Waals surface area contributed by atoms with E-state index >= 15 is 0 Å². The quantitative estimate of drug-likeness (QED) is 0.286. The fourth-order valence-corrected chi connectivity index (χ4v) is 4.00. The van der Waals surface area contributed by atoms with Crippen LogP contribution in [0.4, 0.5) is 11.6 Å². The van der Waals surface area contributed by atoms with Crippen molar-refractivity contribution in [3.8, 4) is 29.2 Å². The first-order chi connectivity index (χ1) is 18.0. The van der Waals surface area contributed by atoms with Crippen molar-refractivity contribution in [2.24, 2.45) is 18.1 Å². The largest absolute Gasteiger partial charge is 0.492 e. The Morgan fingerprint density at radius 3 is 2.84 bits per heavy atom. The molecule has 0 bridgehead atoms. The van der Waals surface area contributed by atoms with Crippen molar-refractivity contribution in [1.29, 1.82) is 0 Å². The summed E-state index contributed by atoms with van der Waals surface area (Å²) in [6, 6.07) is 11.4. The van der Waals surface area contributed by atoms with Gasteiger partial charge < -0.3 is 15.4 Å². The molecule has 10 nitrogen and oxygen atoms in total. The average Bonchev–Trinajstić information content (AvgIpc) is 3.54. The number of carbonyl (C=O) groups is 1.